The number of halogens is 7. The van der Waals surface area contributed by atoms with Crippen LogP contribution in [0.3, 0.4) is 0 Å². The van der Waals surface area contributed by atoms with Crippen LogP contribution in [-0.2, 0) is 17.4 Å². The predicted molar refractivity (Wildman–Crippen MR) is 60.0 cm³/mol. The molecule has 0 atom stereocenters. The zero-order valence-corrected chi connectivity index (χ0v) is 11.3. The molecule has 1 aromatic heterocycles. The molecule has 0 fully saturated rings. The summed E-state index contributed by atoms with van der Waals surface area (Å²) >= 11 is 1.00. The molecule has 20 heavy (non-hydrogen) atoms. The molecule has 0 aliphatic rings. The molecule has 0 aromatic carbocycles. The van der Waals surface area contributed by atoms with E-state index in [-0.39, 0.29) is 0 Å². The van der Waals surface area contributed by atoms with Crippen LogP contribution in [0.1, 0.15) is 11.3 Å². The summed E-state index contributed by atoms with van der Waals surface area (Å²) in [7, 11) is 0. The van der Waals surface area contributed by atoms with Crippen molar-refractivity contribution in [2.45, 2.75) is 19.0 Å². The topological polar surface area (TPSA) is 59.4 Å². The fraction of sp³-hybridized carbons (Fsp3) is 0.333. The van der Waals surface area contributed by atoms with Crippen LogP contribution in [0, 0.1) is 3.57 Å². The summed E-state index contributed by atoms with van der Waals surface area (Å²) in [6, 6.07) is 0.374. The van der Waals surface area contributed by atoms with Crippen molar-refractivity contribution < 1.29 is 41.0 Å². The van der Waals surface area contributed by atoms with Gasteiger partial charge in [-0.05, 0) is 28.7 Å². The fourth-order valence-electron chi connectivity index (χ4n) is 1.19. The molecule has 0 aliphatic heterocycles. The molecule has 4 nitrogen and oxygen atoms in total. The molecule has 0 unspecified atom stereocenters. The SMILES string of the molecule is O=C(O)Cc1cc(C(F)(F)F)c(I)c(OC(F)(F)F)n1. The maximum Gasteiger partial charge on any atom is 0.574 e. The van der Waals surface area contributed by atoms with Gasteiger partial charge in [-0.2, -0.15) is 13.2 Å². The number of hydrogen-bond donors (Lipinski definition) is 1. The summed E-state index contributed by atoms with van der Waals surface area (Å²) < 4.78 is 76.7. The quantitative estimate of drug-likeness (QED) is 0.609. The van der Waals surface area contributed by atoms with Gasteiger partial charge in [-0.25, -0.2) is 4.98 Å². The Labute approximate surface area is 120 Å². The van der Waals surface area contributed by atoms with Gasteiger partial charge in [0.05, 0.1) is 21.2 Å². The van der Waals surface area contributed by atoms with Gasteiger partial charge in [0.1, 0.15) is 0 Å². The Hall–Kier alpha value is -1.27. The lowest BCUT2D eigenvalue weighted by atomic mass is 10.2. The molecule has 112 valence electrons. The zero-order chi connectivity index (χ0) is 15.7. The first-order valence-corrected chi connectivity index (χ1v) is 5.72. The van der Waals surface area contributed by atoms with E-state index in [4.69, 9.17) is 5.11 Å². The van der Waals surface area contributed by atoms with Gasteiger partial charge >= 0.3 is 18.5 Å². The number of carboxylic acid groups (broad SMARTS) is 1. The molecule has 0 saturated heterocycles. The van der Waals surface area contributed by atoms with Gasteiger partial charge in [0.2, 0.25) is 5.88 Å². The van der Waals surface area contributed by atoms with Crippen LogP contribution in [-0.4, -0.2) is 22.4 Å². The van der Waals surface area contributed by atoms with Crippen molar-refractivity contribution >= 4 is 28.6 Å². The van der Waals surface area contributed by atoms with Gasteiger partial charge in [-0.3, -0.25) is 4.79 Å². The lowest BCUT2D eigenvalue weighted by molar-refractivity contribution is -0.276. The van der Waals surface area contributed by atoms with Crippen LogP contribution in [0.5, 0.6) is 5.88 Å². The molecule has 1 N–H and O–H groups in total. The first-order chi connectivity index (χ1) is 8.90. The molecular weight excluding hydrogens is 411 g/mol. The third kappa shape index (κ3) is 4.68. The van der Waals surface area contributed by atoms with Gasteiger partial charge in [-0.15, -0.1) is 13.2 Å². The van der Waals surface area contributed by atoms with E-state index in [0.29, 0.717) is 6.07 Å². The van der Waals surface area contributed by atoms with Gasteiger partial charge in [-0.1, -0.05) is 0 Å². The maximum absolute atomic E-state index is 12.7. The minimum atomic E-state index is -5.24. The third-order valence-electron chi connectivity index (χ3n) is 1.83. The average Bonchev–Trinajstić information content (AvgIpc) is 2.17. The molecule has 1 rings (SSSR count). The zero-order valence-electron chi connectivity index (χ0n) is 9.14. The van der Waals surface area contributed by atoms with E-state index in [2.05, 4.69) is 9.72 Å². The van der Waals surface area contributed by atoms with Gasteiger partial charge in [0, 0.05) is 0 Å². The van der Waals surface area contributed by atoms with Crippen molar-refractivity contribution in [1.29, 1.82) is 0 Å². The number of rotatable bonds is 3. The van der Waals surface area contributed by atoms with E-state index >= 15 is 0 Å². The minimum Gasteiger partial charge on any atom is -0.481 e. The first kappa shape index (κ1) is 16.8. The van der Waals surface area contributed by atoms with Crippen LogP contribution < -0.4 is 4.74 Å². The second kappa shape index (κ2) is 5.61. The second-order valence-electron chi connectivity index (χ2n) is 3.40. The maximum atomic E-state index is 12.7. The summed E-state index contributed by atoms with van der Waals surface area (Å²) in [4.78, 5) is 13.6. The first-order valence-electron chi connectivity index (χ1n) is 4.64. The monoisotopic (exact) mass is 415 g/mol. The minimum absolute atomic E-state index is 0.374. The van der Waals surface area contributed by atoms with E-state index in [1.54, 1.807) is 0 Å². The smallest absolute Gasteiger partial charge is 0.481 e. The van der Waals surface area contributed by atoms with Gasteiger partial charge in [0.15, 0.2) is 0 Å². The van der Waals surface area contributed by atoms with Crippen LogP contribution in [0.2, 0.25) is 0 Å². The lowest BCUT2D eigenvalue weighted by Crippen LogP contribution is -2.21. The van der Waals surface area contributed by atoms with E-state index in [9.17, 15) is 31.1 Å². The van der Waals surface area contributed by atoms with Gasteiger partial charge in [0.25, 0.3) is 0 Å². The van der Waals surface area contributed by atoms with Gasteiger partial charge < -0.3 is 9.84 Å². The number of nitrogens with zero attached hydrogens (tertiary/aromatic N) is 1. The molecular formula is C9H4F6INO3. The molecule has 0 aliphatic carbocycles. The Morgan fingerprint density at radius 2 is 1.85 bits per heavy atom. The van der Waals surface area contributed by atoms with Crippen LogP contribution in [0.25, 0.3) is 0 Å². The number of carbonyl (C=O) groups is 1. The van der Waals surface area contributed by atoms with Crippen molar-refractivity contribution in [2.75, 3.05) is 0 Å². The summed E-state index contributed by atoms with van der Waals surface area (Å²) in [5, 5.41) is 8.47. The third-order valence-corrected chi connectivity index (χ3v) is 2.87. The molecule has 0 spiro atoms. The Bertz CT molecular complexity index is 528. The fourth-order valence-corrected chi connectivity index (χ4v) is 1.88. The van der Waals surface area contributed by atoms with Crippen LogP contribution in [0.4, 0.5) is 26.3 Å². The highest BCUT2D eigenvalue weighted by atomic mass is 127. The molecule has 0 bridgehead atoms. The predicted octanol–water partition coefficient (Wildman–Crippen LogP) is 3.23. The van der Waals surface area contributed by atoms with E-state index in [0.717, 1.165) is 22.6 Å². The molecule has 0 saturated carbocycles. The van der Waals surface area contributed by atoms with Crippen molar-refractivity contribution in [3.05, 3.63) is 20.9 Å². The summed E-state index contributed by atoms with van der Waals surface area (Å²) in [5.74, 6) is -2.87. The average molecular weight is 415 g/mol. The second-order valence-corrected chi connectivity index (χ2v) is 4.48. The largest absolute Gasteiger partial charge is 0.574 e. The summed E-state index contributed by atoms with van der Waals surface area (Å²) in [6.45, 7) is 0. The standard InChI is InChI=1S/C9H4F6INO3/c10-8(11,12)4-1-3(2-5(18)19)17-7(6(4)16)20-9(13,14)15/h1H,2H2,(H,18,19). The highest BCUT2D eigenvalue weighted by Gasteiger charge is 2.39. The van der Waals surface area contributed by atoms with Crippen molar-refractivity contribution in [3.8, 4) is 5.88 Å². The summed E-state index contributed by atoms with van der Waals surface area (Å²) in [5.41, 5.74) is -2.13. The van der Waals surface area contributed by atoms with Crippen molar-refractivity contribution in [3.63, 3.8) is 0 Å². The van der Waals surface area contributed by atoms with Crippen LogP contribution >= 0.6 is 22.6 Å². The van der Waals surface area contributed by atoms with Crippen molar-refractivity contribution in [2.24, 2.45) is 0 Å². The summed E-state index contributed by atoms with van der Waals surface area (Å²) in [6.07, 6.45) is -11.2. The highest BCUT2D eigenvalue weighted by Crippen LogP contribution is 2.38. The number of aliphatic carboxylic acids is 1. The Kier molecular flexibility index (Phi) is 4.71. The highest BCUT2D eigenvalue weighted by molar-refractivity contribution is 14.1. The van der Waals surface area contributed by atoms with Crippen LogP contribution in [0.15, 0.2) is 6.07 Å². The Morgan fingerprint density at radius 1 is 1.30 bits per heavy atom. The number of ether oxygens (including phenoxy) is 1. The Morgan fingerprint density at radius 3 is 2.25 bits per heavy atom. The number of hydrogen-bond acceptors (Lipinski definition) is 3. The lowest BCUT2D eigenvalue weighted by Gasteiger charge is -2.15. The molecule has 11 heteroatoms. The number of pyridine rings is 1. The molecule has 1 heterocycles. The molecule has 0 amide bonds. The molecule has 1 aromatic rings. The van der Waals surface area contributed by atoms with E-state index in [1.807, 2.05) is 0 Å². The van der Waals surface area contributed by atoms with E-state index in [1.165, 1.54) is 0 Å². The number of carboxylic acids is 1. The van der Waals surface area contributed by atoms with E-state index < -0.39 is 45.6 Å². The molecule has 0 radical (unpaired) electrons. The number of aromatic nitrogens is 1. The van der Waals surface area contributed by atoms with Crippen molar-refractivity contribution in [1.82, 2.24) is 4.98 Å². The normalized spacial score (nSPS) is 12.3. The Balaban J connectivity index is 3.38. The number of alkyl halides is 6.